The number of carbonyl (C=O) groups is 1. The number of hydrogen-bond acceptors (Lipinski definition) is 2. The van der Waals surface area contributed by atoms with Crippen molar-refractivity contribution in [3.05, 3.63) is 33.8 Å². The van der Waals surface area contributed by atoms with E-state index in [1.807, 2.05) is 18.2 Å². The molecule has 13 heavy (non-hydrogen) atoms. The van der Waals surface area contributed by atoms with Crippen LogP contribution in [0, 0.1) is 0 Å². The van der Waals surface area contributed by atoms with E-state index in [0.29, 0.717) is 6.42 Å². The number of rotatable bonds is 1. The SMILES string of the molecule is O=C1C[C@@H](CO)c2ccc(Br)cc21. The van der Waals surface area contributed by atoms with Crippen LogP contribution in [0.15, 0.2) is 22.7 Å². The molecule has 0 unspecified atom stereocenters. The highest BCUT2D eigenvalue weighted by Gasteiger charge is 2.28. The summed E-state index contributed by atoms with van der Waals surface area (Å²) in [6.07, 6.45) is 0.447. The zero-order chi connectivity index (χ0) is 9.42. The maximum atomic E-state index is 11.5. The average molecular weight is 241 g/mol. The molecule has 3 heteroatoms. The molecule has 1 aliphatic carbocycles. The summed E-state index contributed by atoms with van der Waals surface area (Å²) < 4.78 is 0.915. The predicted molar refractivity (Wildman–Crippen MR) is 52.9 cm³/mol. The molecule has 0 saturated heterocycles. The smallest absolute Gasteiger partial charge is 0.163 e. The quantitative estimate of drug-likeness (QED) is 0.817. The average Bonchev–Trinajstić information content (AvgIpc) is 2.43. The molecule has 1 aliphatic rings. The normalized spacial score (nSPS) is 20.5. The fourth-order valence-electron chi connectivity index (χ4n) is 1.73. The molecule has 0 aromatic heterocycles. The van der Waals surface area contributed by atoms with Gasteiger partial charge in [0.15, 0.2) is 5.78 Å². The van der Waals surface area contributed by atoms with Crippen LogP contribution >= 0.6 is 15.9 Å². The number of benzene rings is 1. The van der Waals surface area contributed by atoms with Gasteiger partial charge < -0.3 is 5.11 Å². The maximum absolute atomic E-state index is 11.5. The predicted octanol–water partition coefficient (Wildman–Crippen LogP) is 2.11. The third kappa shape index (κ3) is 1.42. The van der Waals surface area contributed by atoms with Crippen LogP contribution in [0.2, 0.25) is 0 Å². The van der Waals surface area contributed by atoms with E-state index in [0.717, 1.165) is 15.6 Å². The van der Waals surface area contributed by atoms with E-state index in [2.05, 4.69) is 15.9 Å². The topological polar surface area (TPSA) is 37.3 Å². The lowest BCUT2D eigenvalue weighted by Crippen LogP contribution is -1.98. The van der Waals surface area contributed by atoms with Gasteiger partial charge in [-0.15, -0.1) is 0 Å². The van der Waals surface area contributed by atoms with Gasteiger partial charge in [0.2, 0.25) is 0 Å². The fraction of sp³-hybridized carbons (Fsp3) is 0.300. The zero-order valence-corrected chi connectivity index (χ0v) is 8.54. The molecule has 0 aliphatic heterocycles. The van der Waals surface area contributed by atoms with Crippen LogP contribution in [-0.4, -0.2) is 17.5 Å². The van der Waals surface area contributed by atoms with Gasteiger partial charge in [-0.25, -0.2) is 0 Å². The summed E-state index contributed by atoms with van der Waals surface area (Å²) in [6.45, 7) is 0.0559. The number of aliphatic hydroxyl groups excluding tert-OH is 1. The molecule has 0 fully saturated rings. The Kier molecular flexibility index (Phi) is 2.22. The van der Waals surface area contributed by atoms with Crippen LogP contribution in [0.5, 0.6) is 0 Å². The highest BCUT2D eigenvalue weighted by molar-refractivity contribution is 9.10. The number of fused-ring (bicyclic) bond motifs is 1. The maximum Gasteiger partial charge on any atom is 0.163 e. The van der Waals surface area contributed by atoms with E-state index in [9.17, 15) is 4.79 Å². The summed E-state index contributed by atoms with van der Waals surface area (Å²) >= 11 is 3.32. The summed E-state index contributed by atoms with van der Waals surface area (Å²) in [5, 5.41) is 9.04. The van der Waals surface area contributed by atoms with Gasteiger partial charge in [-0.1, -0.05) is 22.0 Å². The van der Waals surface area contributed by atoms with E-state index >= 15 is 0 Å². The Hall–Kier alpha value is -0.670. The van der Waals surface area contributed by atoms with Gasteiger partial charge in [-0.2, -0.15) is 0 Å². The van der Waals surface area contributed by atoms with Gasteiger partial charge in [-0.05, 0) is 17.7 Å². The summed E-state index contributed by atoms with van der Waals surface area (Å²) in [5.74, 6) is 0.144. The van der Waals surface area contributed by atoms with E-state index in [1.165, 1.54) is 0 Å². The first kappa shape index (κ1) is 8.91. The molecule has 1 aromatic carbocycles. The number of halogens is 1. The minimum atomic E-state index is 0.00981. The molecular formula is C10H9BrO2. The number of carbonyl (C=O) groups excluding carboxylic acids is 1. The molecule has 0 saturated carbocycles. The van der Waals surface area contributed by atoms with Crippen LogP contribution in [0.3, 0.4) is 0 Å². The Morgan fingerprint density at radius 1 is 1.54 bits per heavy atom. The zero-order valence-electron chi connectivity index (χ0n) is 6.96. The second-order valence-corrected chi connectivity index (χ2v) is 4.15. The molecule has 68 valence electrons. The lowest BCUT2D eigenvalue weighted by Gasteiger charge is -2.05. The van der Waals surface area contributed by atoms with E-state index in [-0.39, 0.29) is 18.3 Å². The summed E-state index contributed by atoms with van der Waals surface area (Å²) in [7, 11) is 0. The van der Waals surface area contributed by atoms with Crippen molar-refractivity contribution in [1.29, 1.82) is 0 Å². The van der Waals surface area contributed by atoms with Gasteiger partial charge in [0, 0.05) is 22.4 Å². The van der Waals surface area contributed by atoms with Crippen LogP contribution in [0.4, 0.5) is 0 Å². The van der Waals surface area contributed by atoms with Crippen LogP contribution in [-0.2, 0) is 0 Å². The van der Waals surface area contributed by atoms with Crippen molar-refractivity contribution in [1.82, 2.24) is 0 Å². The molecule has 0 radical (unpaired) electrons. The monoisotopic (exact) mass is 240 g/mol. The molecular weight excluding hydrogens is 232 g/mol. The fourth-order valence-corrected chi connectivity index (χ4v) is 2.09. The molecule has 2 nitrogen and oxygen atoms in total. The Bertz CT molecular complexity index is 360. The van der Waals surface area contributed by atoms with Crippen molar-refractivity contribution in [2.45, 2.75) is 12.3 Å². The Morgan fingerprint density at radius 2 is 2.31 bits per heavy atom. The lowest BCUT2D eigenvalue weighted by atomic mass is 10.0. The Morgan fingerprint density at radius 3 is 3.00 bits per heavy atom. The summed E-state index contributed by atoms with van der Waals surface area (Å²) in [5.41, 5.74) is 1.74. The van der Waals surface area contributed by atoms with Gasteiger partial charge in [0.05, 0.1) is 6.61 Å². The van der Waals surface area contributed by atoms with E-state index in [1.54, 1.807) is 0 Å². The highest BCUT2D eigenvalue weighted by atomic mass is 79.9. The molecule has 1 atom stereocenters. The van der Waals surface area contributed by atoms with E-state index in [4.69, 9.17) is 5.11 Å². The van der Waals surface area contributed by atoms with Crippen LogP contribution in [0.25, 0.3) is 0 Å². The van der Waals surface area contributed by atoms with Crippen molar-refractivity contribution in [2.24, 2.45) is 0 Å². The number of hydrogen-bond donors (Lipinski definition) is 1. The third-order valence-corrected chi connectivity index (χ3v) is 2.90. The van der Waals surface area contributed by atoms with Gasteiger partial charge >= 0.3 is 0 Å². The third-order valence-electron chi connectivity index (χ3n) is 2.41. The van der Waals surface area contributed by atoms with Crippen molar-refractivity contribution < 1.29 is 9.90 Å². The molecule has 1 N–H and O–H groups in total. The second-order valence-electron chi connectivity index (χ2n) is 3.24. The molecule has 0 spiro atoms. The summed E-state index contributed by atoms with van der Waals surface area (Å²) in [6, 6.07) is 5.64. The minimum Gasteiger partial charge on any atom is -0.396 e. The van der Waals surface area contributed by atoms with Crippen molar-refractivity contribution in [3.63, 3.8) is 0 Å². The van der Waals surface area contributed by atoms with E-state index < -0.39 is 0 Å². The number of Topliss-reactive ketones (excluding diaryl/α,β-unsaturated/α-hetero) is 1. The van der Waals surface area contributed by atoms with Crippen molar-refractivity contribution in [2.75, 3.05) is 6.61 Å². The number of ketones is 1. The Balaban J connectivity index is 2.52. The standard InChI is InChI=1S/C10H9BrO2/c11-7-1-2-8-6(5-12)3-10(13)9(8)4-7/h1-2,4,6,12H,3,5H2/t6-/m0/s1. The molecule has 0 bridgehead atoms. The van der Waals surface area contributed by atoms with Gasteiger partial charge in [0.1, 0.15) is 0 Å². The molecule has 2 rings (SSSR count). The first-order chi connectivity index (χ1) is 6.22. The van der Waals surface area contributed by atoms with Gasteiger partial charge in [0.25, 0.3) is 0 Å². The summed E-state index contributed by atoms with van der Waals surface area (Å²) in [4.78, 5) is 11.5. The first-order valence-corrected chi connectivity index (χ1v) is 4.95. The number of aliphatic hydroxyl groups is 1. The molecule has 0 heterocycles. The van der Waals surface area contributed by atoms with Crippen molar-refractivity contribution >= 4 is 21.7 Å². The van der Waals surface area contributed by atoms with Gasteiger partial charge in [-0.3, -0.25) is 4.79 Å². The van der Waals surface area contributed by atoms with Crippen LogP contribution in [0.1, 0.15) is 28.3 Å². The second kappa shape index (κ2) is 3.24. The Labute approximate surface area is 84.7 Å². The first-order valence-electron chi connectivity index (χ1n) is 4.16. The largest absolute Gasteiger partial charge is 0.396 e. The minimum absolute atomic E-state index is 0.00981. The van der Waals surface area contributed by atoms with Crippen molar-refractivity contribution in [3.8, 4) is 0 Å². The molecule has 1 aromatic rings. The highest BCUT2D eigenvalue weighted by Crippen LogP contribution is 2.33. The molecule has 0 amide bonds. The lowest BCUT2D eigenvalue weighted by molar-refractivity contribution is 0.0980. The van der Waals surface area contributed by atoms with Crippen LogP contribution < -0.4 is 0 Å².